The minimum absolute atomic E-state index is 0. The fourth-order valence-corrected chi connectivity index (χ4v) is 0.313. The summed E-state index contributed by atoms with van der Waals surface area (Å²) in [5, 5.41) is 17.9. The Balaban J connectivity index is -0.0000000315. The van der Waals surface area contributed by atoms with E-state index in [4.69, 9.17) is 10.0 Å². The Kier molecular flexibility index (Phi) is 49.1. The van der Waals surface area contributed by atoms with Crippen molar-refractivity contribution < 1.29 is 10.0 Å². The summed E-state index contributed by atoms with van der Waals surface area (Å²) in [6, 6.07) is 5.72. The van der Waals surface area contributed by atoms with Gasteiger partial charge in [-0.15, -0.1) is 13.9 Å². The van der Waals surface area contributed by atoms with Crippen LogP contribution < -0.4 is 10.0 Å². The van der Waals surface area contributed by atoms with Crippen molar-refractivity contribution >= 4 is 53.2 Å². The van der Waals surface area contributed by atoms with Gasteiger partial charge in [0.2, 0.25) is 0 Å². The van der Waals surface area contributed by atoms with Crippen LogP contribution in [0.25, 0.3) is 0 Å². The average molecular weight is 216 g/mol. The van der Waals surface area contributed by atoms with Gasteiger partial charge < -0.3 is 24.9 Å². The van der Waals surface area contributed by atoms with Gasteiger partial charge in [-0.3, -0.25) is 4.98 Å². The van der Waals surface area contributed by atoms with Crippen LogP contribution >= 0.6 is 0 Å². The molecule has 0 aliphatic heterocycles. The maximum atomic E-state index is 8.97. The summed E-state index contributed by atoms with van der Waals surface area (Å²) < 4.78 is 0. The molecular formula is C8H14BMg2NO2. The van der Waals surface area contributed by atoms with Crippen molar-refractivity contribution in [1.82, 2.24) is 4.98 Å². The molecule has 0 aliphatic carbocycles. The van der Waals surface area contributed by atoms with Crippen LogP contribution in [0.5, 0.6) is 0 Å². The topological polar surface area (TPSA) is 59.0 Å². The summed E-state index contributed by atoms with van der Waals surface area (Å²) >= 11 is 0. The molecular weight excluding hydrogens is 202 g/mol. The molecule has 3 nitrogen and oxygen atoms in total. The standard InChI is InChI=1S/C5H5N.CH3BO2.2CH3.2Mg/c1-2-4-6-5-3-1;1-2(3)4;;;;/h1-5H;1H3;2*1H3;;/q;-2;2*-1;2*+2. The molecule has 0 aliphatic rings. The molecule has 1 heterocycles. The Morgan fingerprint density at radius 1 is 0.929 bits per heavy atom. The minimum atomic E-state index is -1.67. The number of hydrogen-bond acceptors (Lipinski definition) is 3. The molecule has 0 radical (unpaired) electrons. The molecule has 0 N–H and O–H groups in total. The van der Waals surface area contributed by atoms with Gasteiger partial charge in [-0.25, -0.2) is 0 Å². The summed E-state index contributed by atoms with van der Waals surface area (Å²) in [5.41, 5.74) is 0. The molecule has 0 unspecified atom stereocenters. The smallest absolute Gasteiger partial charge is 0.893 e. The molecule has 1 rings (SSSR count). The van der Waals surface area contributed by atoms with Crippen molar-refractivity contribution in [2.24, 2.45) is 0 Å². The first-order chi connectivity index (χ1) is 4.73. The van der Waals surface area contributed by atoms with Crippen LogP contribution in [0.3, 0.4) is 0 Å². The van der Waals surface area contributed by atoms with E-state index in [1.807, 2.05) is 18.2 Å². The molecule has 0 aromatic carbocycles. The third-order valence-electron chi connectivity index (χ3n) is 0.566. The van der Waals surface area contributed by atoms with Gasteiger partial charge in [-0.05, 0) is 12.1 Å². The third kappa shape index (κ3) is 38.8. The molecule has 0 bridgehead atoms. The predicted octanol–water partition coefficient (Wildman–Crippen LogP) is -0.954. The summed E-state index contributed by atoms with van der Waals surface area (Å²) in [7, 11) is -1.67. The van der Waals surface area contributed by atoms with Crippen molar-refractivity contribution in [3.8, 4) is 0 Å². The zero-order valence-corrected chi connectivity index (χ0v) is 12.0. The molecule has 0 fully saturated rings. The van der Waals surface area contributed by atoms with E-state index in [2.05, 4.69) is 4.98 Å². The van der Waals surface area contributed by atoms with Crippen LogP contribution in [0.1, 0.15) is 0 Å². The molecule has 0 saturated heterocycles. The summed E-state index contributed by atoms with van der Waals surface area (Å²) in [6.45, 7) is 1.06. The number of nitrogens with zero attached hydrogens (tertiary/aromatic N) is 1. The van der Waals surface area contributed by atoms with Crippen LogP contribution in [0, 0.1) is 14.9 Å². The molecule has 0 amide bonds. The molecule has 1 aromatic rings. The third-order valence-corrected chi connectivity index (χ3v) is 0.566. The van der Waals surface area contributed by atoms with Gasteiger partial charge in [0.05, 0.1) is 0 Å². The van der Waals surface area contributed by atoms with Crippen LogP contribution in [-0.2, 0) is 0 Å². The zero-order valence-electron chi connectivity index (χ0n) is 9.14. The van der Waals surface area contributed by atoms with Gasteiger partial charge in [-0.1, -0.05) is 6.07 Å². The summed E-state index contributed by atoms with van der Waals surface area (Å²) in [4.78, 5) is 3.78. The van der Waals surface area contributed by atoms with Crippen molar-refractivity contribution in [2.75, 3.05) is 0 Å². The second-order valence-corrected chi connectivity index (χ2v) is 1.59. The second-order valence-electron chi connectivity index (χ2n) is 1.59. The molecule has 1 aromatic heterocycles. The minimum Gasteiger partial charge on any atom is -0.893 e. The van der Waals surface area contributed by atoms with Crippen LogP contribution in [-0.4, -0.2) is 58.2 Å². The molecule has 14 heavy (non-hydrogen) atoms. The maximum Gasteiger partial charge on any atom is 2.00 e. The Morgan fingerprint density at radius 2 is 1.21 bits per heavy atom. The van der Waals surface area contributed by atoms with E-state index in [1.165, 1.54) is 0 Å². The van der Waals surface area contributed by atoms with E-state index in [0.717, 1.165) is 6.82 Å². The maximum absolute atomic E-state index is 8.97. The summed E-state index contributed by atoms with van der Waals surface area (Å²) in [6.07, 6.45) is 3.50. The van der Waals surface area contributed by atoms with Crippen LogP contribution in [0.15, 0.2) is 30.6 Å². The molecule has 0 spiro atoms. The Labute approximate surface area is 120 Å². The zero-order chi connectivity index (χ0) is 7.82. The molecule has 6 heteroatoms. The quantitative estimate of drug-likeness (QED) is 0.414. The van der Waals surface area contributed by atoms with Gasteiger partial charge in [0.1, 0.15) is 0 Å². The Morgan fingerprint density at radius 3 is 1.29 bits per heavy atom. The fraction of sp³-hybridized carbons (Fsp3) is 0.125. The van der Waals surface area contributed by atoms with E-state index in [1.54, 1.807) is 12.4 Å². The van der Waals surface area contributed by atoms with E-state index in [-0.39, 0.29) is 61.0 Å². The summed E-state index contributed by atoms with van der Waals surface area (Å²) in [5.74, 6) is 0. The van der Waals surface area contributed by atoms with Gasteiger partial charge in [0, 0.05) is 12.4 Å². The van der Waals surface area contributed by atoms with Gasteiger partial charge >= 0.3 is 46.1 Å². The first kappa shape index (κ1) is 29.3. The van der Waals surface area contributed by atoms with Crippen molar-refractivity contribution in [1.29, 1.82) is 0 Å². The van der Waals surface area contributed by atoms with Crippen LogP contribution in [0.2, 0.25) is 6.82 Å². The SMILES string of the molecule is CB([O-])[O-].[CH3-].[CH3-].[Mg+2].[Mg+2].c1ccncc1. The number of pyridine rings is 1. The molecule has 70 valence electrons. The first-order valence-corrected chi connectivity index (χ1v) is 2.90. The van der Waals surface area contributed by atoms with Gasteiger partial charge in [-0.2, -0.15) is 0 Å². The van der Waals surface area contributed by atoms with E-state index in [0.29, 0.717) is 0 Å². The van der Waals surface area contributed by atoms with Crippen molar-refractivity contribution in [3.05, 3.63) is 45.4 Å². The first-order valence-electron chi connectivity index (χ1n) is 2.90. The van der Waals surface area contributed by atoms with Crippen molar-refractivity contribution in [3.63, 3.8) is 0 Å². The largest absolute Gasteiger partial charge is 2.00 e. The monoisotopic (exact) mass is 215 g/mol. The van der Waals surface area contributed by atoms with E-state index < -0.39 is 7.12 Å². The average Bonchev–Trinajstić information content (AvgIpc) is 1.90. The van der Waals surface area contributed by atoms with Crippen molar-refractivity contribution in [2.45, 2.75) is 6.82 Å². The fourth-order valence-electron chi connectivity index (χ4n) is 0.313. The van der Waals surface area contributed by atoms with Crippen LogP contribution in [0.4, 0.5) is 0 Å². The van der Waals surface area contributed by atoms with E-state index >= 15 is 0 Å². The number of rotatable bonds is 0. The Hall–Kier alpha value is 0.667. The molecule has 0 atom stereocenters. The number of aromatic nitrogens is 1. The predicted molar refractivity (Wildman–Crippen MR) is 60.2 cm³/mol. The molecule has 0 saturated carbocycles. The second kappa shape index (κ2) is 23.5. The number of hydrogen-bond donors (Lipinski definition) is 0. The normalized spacial score (nSPS) is 5.36. The Bertz CT molecular complexity index is 126. The van der Waals surface area contributed by atoms with E-state index in [9.17, 15) is 0 Å². The van der Waals surface area contributed by atoms with Gasteiger partial charge in [0.25, 0.3) is 0 Å². The van der Waals surface area contributed by atoms with Gasteiger partial charge in [0.15, 0.2) is 0 Å².